The zero-order valence-corrected chi connectivity index (χ0v) is 11.8. The molecule has 0 saturated heterocycles. The van der Waals surface area contributed by atoms with Gasteiger partial charge in [-0.3, -0.25) is 4.79 Å². The number of ether oxygens (including phenoxy) is 1. The van der Waals surface area contributed by atoms with E-state index in [2.05, 4.69) is 4.98 Å². The number of hydrogen-bond acceptors (Lipinski definition) is 3. The van der Waals surface area contributed by atoms with Crippen LogP contribution in [0.3, 0.4) is 0 Å². The Morgan fingerprint density at radius 3 is 2.04 bits per heavy atom. The number of nitrogens with one attached hydrogen (secondary N) is 1. The van der Waals surface area contributed by atoms with E-state index in [1.807, 2.05) is 24.3 Å². The number of carbonyl (C=O) groups excluding carboxylic acids is 1. The number of carboxylic acids is 1. The van der Waals surface area contributed by atoms with Crippen LogP contribution in [0.1, 0.15) is 10.5 Å². The third kappa shape index (κ3) is 5.38. The van der Waals surface area contributed by atoms with Gasteiger partial charge >= 0.3 is 12.1 Å². The van der Waals surface area contributed by atoms with E-state index < -0.39 is 18.1 Å². The third-order valence-electron chi connectivity index (χ3n) is 2.61. The van der Waals surface area contributed by atoms with Crippen LogP contribution in [-0.2, 0) is 4.79 Å². The highest BCUT2D eigenvalue weighted by atomic mass is 19.4. The first-order valence-electron chi connectivity index (χ1n) is 6.08. The van der Waals surface area contributed by atoms with Gasteiger partial charge in [0.1, 0.15) is 11.4 Å². The molecular formula is C14H13F3N2O4. The maximum Gasteiger partial charge on any atom is 0.490 e. The predicted molar refractivity (Wildman–Crippen MR) is 75.0 cm³/mol. The second kappa shape index (κ2) is 7.34. The number of amides is 1. The Morgan fingerprint density at radius 2 is 1.70 bits per heavy atom. The van der Waals surface area contributed by atoms with Gasteiger partial charge in [-0.25, -0.2) is 4.79 Å². The van der Waals surface area contributed by atoms with Crippen molar-refractivity contribution in [3.63, 3.8) is 0 Å². The summed E-state index contributed by atoms with van der Waals surface area (Å²) in [6.45, 7) is 0. The second-order valence-electron chi connectivity index (χ2n) is 4.20. The lowest BCUT2D eigenvalue weighted by Gasteiger charge is -2.00. The fourth-order valence-corrected chi connectivity index (χ4v) is 1.49. The topological polar surface area (TPSA) is 105 Å². The Balaban J connectivity index is 0.000000322. The summed E-state index contributed by atoms with van der Waals surface area (Å²) < 4.78 is 36.8. The molecule has 1 aromatic carbocycles. The highest BCUT2D eigenvalue weighted by molar-refractivity contribution is 5.92. The average Bonchev–Trinajstić information content (AvgIpc) is 2.97. The highest BCUT2D eigenvalue weighted by Gasteiger charge is 2.38. The van der Waals surface area contributed by atoms with Gasteiger partial charge in [-0.15, -0.1) is 0 Å². The molecular weight excluding hydrogens is 317 g/mol. The maximum absolute atomic E-state index is 10.9. The lowest BCUT2D eigenvalue weighted by atomic mass is 10.1. The second-order valence-corrected chi connectivity index (χ2v) is 4.20. The van der Waals surface area contributed by atoms with Crippen molar-refractivity contribution in [3.05, 3.63) is 42.2 Å². The SMILES string of the molecule is COc1ccc(-c2c[nH]c(C(N)=O)c2)cc1.O=C(O)C(F)(F)F. The fraction of sp³-hybridized carbons (Fsp3) is 0.143. The molecule has 0 fully saturated rings. The summed E-state index contributed by atoms with van der Waals surface area (Å²) in [6.07, 6.45) is -3.33. The summed E-state index contributed by atoms with van der Waals surface area (Å²) in [5, 5.41) is 7.12. The first kappa shape index (κ1) is 18.1. The lowest BCUT2D eigenvalue weighted by Crippen LogP contribution is -2.21. The Bertz CT molecular complexity index is 678. The molecule has 0 saturated carbocycles. The molecule has 1 heterocycles. The molecule has 0 aliphatic carbocycles. The number of H-pyrrole nitrogens is 1. The van der Waals surface area contributed by atoms with Crippen molar-refractivity contribution in [2.45, 2.75) is 6.18 Å². The van der Waals surface area contributed by atoms with Crippen LogP contribution in [0.25, 0.3) is 11.1 Å². The van der Waals surface area contributed by atoms with E-state index >= 15 is 0 Å². The van der Waals surface area contributed by atoms with Crippen molar-refractivity contribution >= 4 is 11.9 Å². The zero-order valence-electron chi connectivity index (χ0n) is 11.8. The van der Waals surface area contributed by atoms with Gasteiger partial charge in [0, 0.05) is 6.20 Å². The molecule has 0 aliphatic heterocycles. The Labute approximate surface area is 128 Å². The molecule has 9 heteroatoms. The smallest absolute Gasteiger partial charge is 0.490 e. The maximum atomic E-state index is 10.9. The highest BCUT2D eigenvalue weighted by Crippen LogP contribution is 2.22. The average molecular weight is 330 g/mol. The Kier molecular flexibility index (Phi) is 5.77. The molecule has 23 heavy (non-hydrogen) atoms. The molecule has 6 nitrogen and oxygen atoms in total. The largest absolute Gasteiger partial charge is 0.497 e. The number of methoxy groups -OCH3 is 1. The molecule has 0 unspecified atom stereocenters. The van der Waals surface area contributed by atoms with E-state index in [0.29, 0.717) is 5.69 Å². The Hall–Kier alpha value is -2.97. The van der Waals surface area contributed by atoms with Gasteiger partial charge in [0.05, 0.1) is 7.11 Å². The first-order valence-corrected chi connectivity index (χ1v) is 6.08. The van der Waals surface area contributed by atoms with E-state index in [-0.39, 0.29) is 0 Å². The van der Waals surface area contributed by atoms with Gasteiger partial charge in [-0.1, -0.05) is 12.1 Å². The van der Waals surface area contributed by atoms with Crippen LogP contribution in [0.2, 0.25) is 0 Å². The predicted octanol–water partition coefficient (Wildman–Crippen LogP) is 2.42. The number of aliphatic carboxylic acids is 1. The zero-order chi connectivity index (χ0) is 17.6. The number of carboxylic acid groups (broad SMARTS) is 1. The van der Waals surface area contributed by atoms with Crippen LogP contribution in [0.5, 0.6) is 5.75 Å². The van der Waals surface area contributed by atoms with Crippen molar-refractivity contribution < 1.29 is 32.6 Å². The van der Waals surface area contributed by atoms with Gasteiger partial charge in [0.2, 0.25) is 0 Å². The molecule has 1 amide bonds. The number of primary amides is 1. The van der Waals surface area contributed by atoms with E-state index in [0.717, 1.165) is 16.9 Å². The summed E-state index contributed by atoms with van der Waals surface area (Å²) in [5.74, 6) is -2.42. The van der Waals surface area contributed by atoms with E-state index in [1.165, 1.54) is 0 Å². The van der Waals surface area contributed by atoms with Crippen molar-refractivity contribution in [1.82, 2.24) is 4.98 Å². The molecule has 0 bridgehead atoms. The van der Waals surface area contributed by atoms with Crippen LogP contribution in [0, 0.1) is 0 Å². The van der Waals surface area contributed by atoms with Gasteiger partial charge in [-0.05, 0) is 29.3 Å². The molecule has 0 radical (unpaired) electrons. The number of aromatic amines is 1. The van der Waals surface area contributed by atoms with Crippen LogP contribution in [0.4, 0.5) is 13.2 Å². The van der Waals surface area contributed by atoms with Gasteiger partial charge < -0.3 is 20.6 Å². The summed E-state index contributed by atoms with van der Waals surface area (Å²) in [5.41, 5.74) is 7.50. The molecule has 0 aliphatic rings. The van der Waals surface area contributed by atoms with Crippen LogP contribution in [0.15, 0.2) is 36.5 Å². The minimum Gasteiger partial charge on any atom is -0.497 e. The summed E-state index contributed by atoms with van der Waals surface area (Å²) in [6, 6.07) is 9.31. The number of aromatic nitrogens is 1. The summed E-state index contributed by atoms with van der Waals surface area (Å²) >= 11 is 0. The van der Waals surface area contributed by atoms with Gasteiger partial charge in [-0.2, -0.15) is 13.2 Å². The van der Waals surface area contributed by atoms with Gasteiger partial charge in [0.25, 0.3) is 5.91 Å². The summed E-state index contributed by atoms with van der Waals surface area (Å²) in [7, 11) is 1.62. The van der Waals surface area contributed by atoms with Crippen LogP contribution in [-0.4, -0.2) is 35.3 Å². The number of benzene rings is 1. The normalized spacial score (nSPS) is 10.4. The standard InChI is InChI=1S/C12H12N2O2.C2HF3O2/c1-16-10-4-2-8(3-5-10)9-6-11(12(13)15)14-7-9;3-2(4,5)1(6)7/h2-7,14H,1H3,(H2,13,15);(H,6,7). The summed E-state index contributed by atoms with van der Waals surface area (Å²) in [4.78, 5) is 22.6. The lowest BCUT2D eigenvalue weighted by molar-refractivity contribution is -0.192. The number of alkyl halides is 3. The molecule has 0 atom stereocenters. The number of halogens is 3. The number of carbonyl (C=O) groups is 2. The van der Waals surface area contributed by atoms with E-state index in [1.54, 1.807) is 19.4 Å². The van der Waals surface area contributed by atoms with Crippen molar-refractivity contribution in [1.29, 1.82) is 0 Å². The van der Waals surface area contributed by atoms with Crippen LogP contribution < -0.4 is 10.5 Å². The van der Waals surface area contributed by atoms with E-state index in [4.69, 9.17) is 20.4 Å². The quantitative estimate of drug-likeness (QED) is 0.803. The third-order valence-corrected chi connectivity index (χ3v) is 2.61. The molecule has 2 aromatic rings. The van der Waals surface area contributed by atoms with Crippen molar-refractivity contribution in [3.8, 4) is 16.9 Å². The number of rotatable bonds is 3. The fourth-order valence-electron chi connectivity index (χ4n) is 1.49. The number of nitrogens with two attached hydrogens (primary N) is 1. The minimum absolute atomic E-state index is 0.408. The van der Waals surface area contributed by atoms with Crippen LogP contribution >= 0.6 is 0 Å². The molecule has 124 valence electrons. The first-order chi connectivity index (χ1) is 10.6. The van der Waals surface area contributed by atoms with Crippen molar-refractivity contribution in [2.24, 2.45) is 5.73 Å². The van der Waals surface area contributed by atoms with Crippen molar-refractivity contribution in [2.75, 3.05) is 7.11 Å². The van der Waals surface area contributed by atoms with Gasteiger partial charge in [0.15, 0.2) is 0 Å². The molecule has 4 N–H and O–H groups in total. The minimum atomic E-state index is -5.08. The monoisotopic (exact) mass is 330 g/mol. The molecule has 1 aromatic heterocycles. The molecule has 2 rings (SSSR count). The molecule has 0 spiro atoms. The Morgan fingerprint density at radius 1 is 1.17 bits per heavy atom. The number of hydrogen-bond donors (Lipinski definition) is 3. The van der Waals surface area contributed by atoms with E-state index in [9.17, 15) is 18.0 Å².